The molecule has 0 spiro atoms. The third-order valence-electron chi connectivity index (χ3n) is 12.7. The van der Waals surface area contributed by atoms with Crippen molar-refractivity contribution in [1.29, 1.82) is 0 Å². The summed E-state index contributed by atoms with van der Waals surface area (Å²) in [6, 6.07) is 6.67. The molecule has 0 radical (unpaired) electrons. The number of pyridine rings is 1. The van der Waals surface area contributed by atoms with Crippen LogP contribution in [0.1, 0.15) is 104 Å². The van der Waals surface area contributed by atoms with Crippen LogP contribution >= 0.6 is 0 Å². The van der Waals surface area contributed by atoms with Gasteiger partial charge in [0.2, 0.25) is 0 Å². The van der Waals surface area contributed by atoms with Crippen LogP contribution in [0, 0.1) is 46.3 Å². The van der Waals surface area contributed by atoms with E-state index in [2.05, 4.69) is 42.5 Å². The third kappa shape index (κ3) is 6.55. The van der Waals surface area contributed by atoms with E-state index in [9.17, 15) is 9.90 Å². The molecular weight excluding hydrogens is 510 g/mol. The summed E-state index contributed by atoms with van der Waals surface area (Å²) in [7, 11) is 1.49. The monoisotopic (exact) mass is 567 g/mol. The molecule has 4 aliphatic rings. The van der Waals surface area contributed by atoms with Crippen LogP contribution in [0.15, 0.2) is 24.4 Å². The van der Waals surface area contributed by atoms with Gasteiger partial charge in [-0.2, -0.15) is 0 Å². The lowest BCUT2D eigenvalue weighted by atomic mass is 9.43. The average Bonchev–Trinajstić information content (AvgIpc) is 3.33. The molecule has 1 aromatic heterocycles. The molecule has 0 aliphatic heterocycles. The van der Waals surface area contributed by atoms with E-state index < -0.39 is 0 Å². The van der Waals surface area contributed by atoms with Gasteiger partial charge in [0, 0.05) is 25.2 Å². The van der Waals surface area contributed by atoms with Crippen molar-refractivity contribution in [3.63, 3.8) is 0 Å². The molecule has 3 unspecified atom stereocenters. The van der Waals surface area contributed by atoms with Gasteiger partial charge >= 0.3 is 5.97 Å². The summed E-state index contributed by atoms with van der Waals surface area (Å²) in [5, 5.41) is 19.1. The highest BCUT2D eigenvalue weighted by atomic mass is 16.5. The third-order valence-corrected chi connectivity index (χ3v) is 12.7. The zero-order valence-electron chi connectivity index (χ0n) is 26.2. The van der Waals surface area contributed by atoms with E-state index in [1.807, 2.05) is 18.3 Å². The number of hydrogen-bond acceptors (Lipinski definition) is 6. The number of hydrogen-bond donors (Lipinski definition) is 3. The Labute approximate surface area is 249 Å². The second kappa shape index (κ2) is 13.4. The number of fused-ring (bicyclic) bond motifs is 5. The first-order valence-electron chi connectivity index (χ1n) is 16.8. The molecule has 0 saturated heterocycles. The normalized spacial score (nSPS) is 38.9. The lowest BCUT2D eigenvalue weighted by Gasteiger charge is -2.62. The van der Waals surface area contributed by atoms with E-state index in [-0.39, 0.29) is 12.1 Å². The summed E-state index contributed by atoms with van der Waals surface area (Å²) in [4.78, 5) is 16.2. The van der Waals surface area contributed by atoms with Crippen LogP contribution in [0.5, 0.6) is 0 Å². The van der Waals surface area contributed by atoms with E-state index in [0.717, 1.165) is 38.2 Å². The lowest BCUT2D eigenvalue weighted by Crippen LogP contribution is -2.59. The Kier molecular flexibility index (Phi) is 10.1. The van der Waals surface area contributed by atoms with Gasteiger partial charge in [-0.25, -0.2) is 0 Å². The number of carbonyl (C=O) groups is 1. The Morgan fingerprint density at radius 1 is 1.07 bits per heavy atom. The maximum absolute atomic E-state index is 11.8. The fraction of sp³-hybridized carbons (Fsp3) is 0.829. The van der Waals surface area contributed by atoms with E-state index in [1.165, 1.54) is 64.9 Å². The van der Waals surface area contributed by atoms with Crippen molar-refractivity contribution in [2.24, 2.45) is 46.3 Å². The number of methoxy groups -OCH3 is 1. The first kappa shape index (κ1) is 30.9. The van der Waals surface area contributed by atoms with Crippen molar-refractivity contribution in [3.05, 3.63) is 30.1 Å². The second-order valence-electron chi connectivity index (χ2n) is 14.7. The molecule has 0 bridgehead atoms. The SMILES string of the molecule is COC(=O)CC[C@@H](C)[C@H]1CCC2C3C(CC[C@@]21C)[C@@]1(C)CC[C@@H](NCCCCNCc2ccccn2)C[C@@H]1C[C@H]3O. The van der Waals surface area contributed by atoms with Crippen LogP contribution in [0.3, 0.4) is 0 Å². The number of rotatable bonds is 12. The predicted molar refractivity (Wildman–Crippen MR) is 164 cm³/mol. The van der Waals surface area contributed by atoms with Crippen LogP contribution in [-0.4, -0.2) is 48.4 Å². The number of aliphatic hydroxyl groups is 1. The molecule has 4 fully saturated rings. The molecule has 4 saturated carbocycles. The Morgan fingerprint density at radius 2 is 1.85 bits per heavy atom. The first-order chi connectivity index (χ1) is 19.8. The highest BCUT2D eigenvalue weighted by Gasteiger charge is 2.62. The van der Waals surface area contributed by atoms with E-state index in [0.29, 0.717) is 58.8 Å². The van der Waals surface area contributed by atoms with E-state index in [1.54, 1.807) is 0 Å². The molecule has 230 valence electrons. The van der Waals surface area contributed by atoms with Crippen molar-refractivity contribution < 1.29 is 14.6 Å². The maximum Gasteiger partial charge on any atom is 0.305 e. The average molecular weight is 568 g/mol. The molecule has 4 aliphatic carbocycles. The van der Waals surface area contributed by atoms with Crippen LogP contribution in [-0.2, 0) is 16.1 Å². The number of carbonyl (C=O) groups excluding carboxylic acids is 1. The van der Waals surface area contributed by atoms with Gasteiger partial charge in [-0.15, -0.1) is 0 Å². The van der Waals surface area contributed by atoms with Gasteiger partial charge in [-0.1, -0.05) is 26.8 Å². The van der Waals surface area contributed by atoms with Crippen LogP contribution < -0.4 is 10.6 Å². The van der Waals surface area contributed by atoms with Gasteiger partial charge in [0.1, 0.15) is 0 Å². The minimum Gasteiger partial charge on any atom is -0.469 e. The fourth-order valence-corrected chi connectivity index (χ4v) is 10.4. The molecule has 1 aromatic rings. The topological polar surface area (TPSA) is 83.5 Å². The zero-order chi connectivity index (χ0) is 29.0. The molecule has 5 rings (SSSR count). The van der Waals surface area contributed by atoms with Gasteiger partial charge in [-0.05, 0) is 142 Å². The van der Waals surface area contributed by atoms with Gasteiger partial charge in [0.05, 0.1) is 18.9 Å². The summed E-state index contributed by atoms with van der Waals surface area (Å²) in [5.74, 6) is 3.47. The molecular formula is C35H57N3O3. The van der Waals surface area contributed by atoms with Crippen molar-refractivity contribution in [1.82, 2.24) is 15.6 Å². The maximum atomic E-state index is 11.8. The minimum atomic E-state index is -0.157. The smallest absolute Gasteiger partial charge is 0.305 e. The molecule has 1 heterocycles. The van der Waals surface area contributed by atoms with Crippen LogP contribution in [0.2, 0.25) is 0 Å². The fourth-order valence-electron chi connectivity index (χ4n) is 10.4. The van der Waals surface area contributed by atoms with Crippen molar-refractivity contribution in [2.45, 2.75) is 117 Å². The summed E-state index contributed by atoms with van der Waals surface area (Å²) < 4.78 is 4.92. The largest absolute Gasteiger partial charge is 0.469 e. The Hall–Kier alpha value is -1.50. The number of nitrogens with one attached hydrogen (secondary N) is 2. The van der Waals surface area contributed by atoms with Crippen molar-refractivity contribution in [2.75, 3.05) is 20.2 Å². The highest BCUT2D eigenvalue weighted by molar-refractivity contribution is 5.69. The standard InChI is InChI=1S/C35H57N3O3/c1-24(10-13-32(40)41-4)28-11-12-29-33-30(15-17-35(28,29)3)34(2)16-14-26(21-25(34)22-31(33)39)37-20-8-7-18-36-23-27-9-5-6-19-38-27/h5-6,9,19,24-26,28-31,33,36-37,39H,7-8,10-18,20-23H2,1-4H3/t24-,25-,26-,28-,29?,30?,31-,33?,34+,35-/m1/s1. The first-order valence-corrected chi connectivity index (χ1v) is 16.8. The van der Waals surface area contributed by atoms with Gasteiger partial charge in [-0.3, -0.25) is 9.78 Å². The van der Waals surface area contributed by atoms with Crippen LogP contribution in [0.4, 0.5) is 0 Å². The van der Waals surface area contributed by atoms with E-state index in [4.69, 9.17) is 4.74 Å². The summed E-state index contributed by atoms with van der Waals surface area (Å²) in [5.41, 5.74) is 1.77. The molecule has 6 nitrogen and oxygen atoms in total. The van der Waals surface area contributed by atoms with Gasteiger partial charge < -0.3 is 20.5 Å². The van der Waals surface area contributed by atoms with Crippen molar-refractivity contribution >= 4 is 5.97 Å². The molecule has 0 amide bonds. The highest BCUT2D eigenvalue weighted by Crippen LogP contribution is 2.68. The molecule has 41 heavy (non-hydrogen) atoms. The Morgan fingerprint density at radius 3 is 2.63 bits per heavy atom. The number of ether oxygens (including phenoxy) is 1. The summed E-state index contributed by atoms with van der Waals surface area (Å²) in [6.07, 6.45) is 15.4. The zero-order valence-corrected chi connectivity index (χ0v) is 26.2. The number of esters is 1. The number of aliphatic hydroxyl groups excluding tert-OH is 1. The number of aromatic nitrogens is 1. The number of nitrogens with zero attached hydrogens (tertiary/aromatic N) is 1. The molecule has 10 atom stereocenters. The summed E-state index contributed by atoms with van der Waals surface area (Å²) >= 11 is 0. The Bertz CT molecular complexity index is 990. The van der Waals surface area contributed by atoms with Gasteiger partial charge in [0.15, 0.2) is 0 Å². The lowest BCUT2D eigenvalue weighted by molar-refractivity contribution is -0.167. The molecule has 0 aromatic carbocycles. The van der Waals surface area contributed by atoms with Crippen molar-refractivity contribution in [3.8, 4) is 0 Å². The minimum absolute atomic E-state index is 0.0827. The summed E-state index contributed by atoms with van der Waals surface area (Å²) in [6.45, 7) is 10.5. The van der Waals surface area contributed by atoms with Crippen LogP contribution in [0.25, 0.3) is 0 Å². The second-order valence-corrected chi connectivity index (χ2v) is 14.7. The quantitative estimate of drug-likeness (QED) is 0.208. The Balaban J connectivity index is 1.10. The molecule has 6 heteroatoms. The van der Waals surface area contributed by atoms with Gasteiger partial charge in [0.25, 0.3) is 0 Å². The number of unbranched alkanes of at least 4 members (excludes halogenated alkanes) is 1. The predicted octanol–water partition coefficient (Wildman–Crippen LogP) is 6.13. The molecule has 3 N–H and O–H groups in total. The van der Waals surface area contributed by atoms with E-state index >= 15 is 0 Å².